The van der Waals surface area contributed by atoms with Crippen LogP contribution >= 0.6 is 0 Å². The zero-order valence-electron chi connectivity index (χ0n) is 21.2. The van der Waals surface area contributed by atoms with E-state index in [2.05, 4.69) is 30.1 Å². The van der Waals surface area contributed by atoms with E-state index in [0.29, 0.717) is 11.3 Å². The highest BCUT2D eigenvalue weighted by Crippen LogP contribution is 2.29. The molecule has 42 heavy (non-hydrogen) atoms. The second-order valence-electron chi connectivity index (χ2n) is 8.71. The highest BCUT2D eigenvalue weighted by Gasteiger charge is 2.31. The van der Waals surface area contributed by atoms with Crippen LogP contribution in [0.3, 0.4) is 0 Å². The maximum absolute atomic E-state index is 14.3. The highest BCUT2D eigenvalue weighted by molar-refractivity contribution is 5.80. The number of aromatic nitrogens is 5. The predicted molar refractivity (Wildman–Crippen MR) is 138 cm³/mol. The molecule has 0 spiro atoms. The molecule has 0 radical (unpaired) electrons. The molecule has 5 rings (SSSR count). The number of nitrogens with one attached hydrogen (secondary N) is 1. The smallest absolute Gasteiger partial charge is 0.406 e. The Morgan fingerprint density at radius 3 is 2.45 bits per heavy atom. The molecular weight excluding hydrogens is 567 g/mol. The van der Waals surface area contributed by atoms with E-state index in [9.17, 15) is 26.7 Å². The molecule has 3 aromatic heterocycles. The second-order valence-corrected chi connectivity index (χ2v) is 8.71. The lowest BCUT2D eigenvalue weighted by Crippen LogP contribution is -2.27. The number of nitrogens with two attached hydrogens (primary N) is 2. The molecule has 216 valence electrons. The number of amides is 1. The monoisotopic (exact) mass is 586 g/mol. The minimum atomic E-state index is -4.87. The van der Waals surface area contributed by atoms with Gasteiger partial charge in [-0.05, 0) is 29.3 Å². The normalized spacial score (nSPS) is 11.5. The Labute approximate surface area is 232 Å². The van der Waals surface area contributed by atoms with Gasteiger partial charge in [0.2, 0.25) is 5.75 Å². The molecule has 0 bridgehead atoms. The first kappa shape index (κ1) is 28.0. The van der Waals surface area contributed by atoms with E-state index in [1.165, 1.54) is 24.3 Å². The molecule has 11 nitrogen and oxygen atoms in total. The molecule has 16 heteroatoms. The summed E-state index contributed by atoms with van der Waals surface area (Å²) in [6.45, 7) is -0.227. The number of alkyl halides is 3. The Morgan fingerprint density at radius 1 is 1.00 bits per heavy atom. The van der Waals surface area contributed by atoms with Crippen LogP contribution in [0.2, 0.25) is 0 Å². The lowest BCUT2D eigenvalue weighted by molar-refractivity contribution is -0.274. The third-order valence-electron chi connectivity index (χ3n) is 5.73. The number of carbonyl (C=O) groups excluding carboxylic acids is 1. The van der Waals surface area contributed by atoms with Gasteiger partial charge in [0.1, 0.15) is 22.9 Å². The topological polar surface area (TPSA) is 156 Å². The Morgan fingerprint density at radius 2 is 1.74 bits per heavy atom. The van der Waals surface area contributed by atoms with Crippen molar-refractivity contribution in [2.75, 3.05) is 11.5 Å². The Bertz CT molecular complexity index is 1770. The van der Waals surface area contributed by atoms with E-state index in [1.807, 2.05) is 0 Å². The number of benzene rings is 2. The summed E-state index contributed by atoms with van der Waals surface area (Å²) in [6, 6.07) is 12.1. The lowest BCUT2D eigenvalue weighted by atomic mass is 10.1. The third kappa shape index (κ3) is 6.27. The number of rotatable bonds is 7. The van der Waals surface area contributed by atoms with Crippen LogP contribution in [0.1, 0.15) is 16.8 Å². The molecule has 0 saturated carbocycles. The van der Waals surface area contributed by atoms with Gasteiger partial charge in [0.05, 0.1) is 17.4 Å². The fourth-order valence-corrected chi connectivity index (χ4v) is 3.96. The molecule has 0 saturated heterocycles. The van der Waals surface area contributed by atoms with Crippen LogP contribution in [-0.4, -0.2) is 37.2 Å². The van der Waals surface area contributed by atoms with Crippen LogP contribution < -0.4 is 26.3 Å². The number of halogens is 5. The molecule has 0 atom stereocenters. The third-order valence-corrected chi connectivity index (χ3v) is 5.73. The maximum atomic E-state index is 14.3. The van der Waals surface area contributed by atoms with Crippen molar-refractivity contribution in [2.24, 2.45) is 0 Å². The van der Waals surface area contributed by atoms with Crippen molar-refractivity contribution < 1.29 is 36.2 Å². The van der Waals surface area contributed by atoms with Crippen molar-refractivity contribution >= 4 is 28.8 Å². The van der Waals surface area contributed by atoms with Crippen LogP contribution in [0.5, 0.6) is 11.5 Å². The van der Waals surface area contributed by atoms with Gasteiger partial charge in [-0.3, -0.25) is 0 Å². The fourth-order valence-electron chi connectivity index (χ4n) is 3.96. The van der Waals surface area contributed by atoms with E-state index in [-0.39, 0.29) is 47.1 Å². The molecule has 5 aromatic rings. The van der Waals surface area contributed by atoms with Gasteiger partial charge in [-0.25, -0.2) is 18.6 Å². The van der Waals surface area contributed by atoms with E-state index in [0.717, 1.165) is 29.1 Å². The first-order valence-corrected chi connectivity index (χ1v) is 12.0. The molecule has 0 fully saturated rings. The molecule has 0 aliphatic carbocycles. The highest BCUT2D eigenvalue weighted by atomic mass is 19.4. The van der Waals surface area contributed by atoms with Crippen molar-refractivity contribution in [1.29, 1.82) is 0 Å². The van der Waals surface area contributed by atoms with Crippen molar-refractivity contribution in [3.8, 4) is 17.4 Å². The number of anilines is 2. The van der Waals surface area contributed by atoms with Gasteiger partial charge in [0.25, 0.3) is 5.95 Å². The zero-order valence-corrected chi connectivity index (χ0v) is 21.2. The SMILES string of the molecule is Nc1nc(-n2nc(Cc3ccccc3F)c3ncc(F)cc32)nc(N)c1OC(=O)NCc1cccc(OC(F)(F)F)c1. The molecule has 0 aliphatic rings. The minimum absolute atomic E-state index is 0.0202. The molecule has 3 heterocycles. The molecular formula is C26H19F5N8O3. The van der Waals surface area contributed by atoms with Gasteiger partial charge < -0.3 is 26.3 Å². The van der Waals surface area contributed by atoms with Crippen LogP contribution in [0, 0.1) is 11.6 Å². The first-order valence-electron chi connectivity index (χ1n) is 12.0. The number of hydrogen-bond donors (Lipinski definition) is 3. The van der Waals surface area contributed by atoms with Gasteiger partial charge >= 0.3 is 12.5 Å². The molecule has 1 amide bonds. The number of nitrogens with zero attached hydrogens (tertiary/aromatic N) is 5. The maximum Gasteiger partial charge on any atom is 0.573 e. The predicted octanol–water partition coefficient (Wildman–Crippen LogP) is 4.43. The molecule has 0 unspecified atom stereocenters. The number of ether oxygens (including phenoxy) is 2. The summed E-state index contributed by atoms with van der Waals surface area (Å²) in [5.41, 5.74) is 13.2. The number of pyridine rings is 1. The number of nitrogen functional groups attached to an aromatic ring is 2. The summed E-state index contributed by atoms with van der Waals surface area (Å²) in [5.74, 6) is -2.99. The fraction of sp³-hybridized carbons (Fsp3) is 0.115. The summed E-state index contributed by atoms with van der Waals surface area (Å²) in [4.78, 5) is 24.6. The van der Waals surface area contributed by atoms with Gasteiger partial charge in [-0.1, -0.05) is 30.3 Å². The van der Waals surface area contributed by atoms with E-state index < -0.39 is 35.6 Å². The standard InChI is InChI=1S/C26H19F5N8O3/c27-15-10-19-20(34-12-15)18(9-14-5-1-2-7-17(14)28)38-39(19)24-36-22(32)21(23(33)37-24)41-25(40)35-11-13-4-3-6-16(8-13)42-26(29,30)31/h1-8,10,12H,9,11H2,(H,35,40)(H4,32,33,36,37). The largest absolute Gasteiger partial charge is 0.573 e. The van der Waals surface area contributed by atoms with Crippen molar-refractivity contribution in [2.45, 2.75) is 19.3 Å². The van der Waals surface area contributed by atoms with Crippen molar-refractivity contribution in [3.63, 3.8) is 0 Å². The Balaban J connectivity index is 1.36. The number of hydrogen-bond acceptors (Lipinski definition) is 9. The summed E-state index contributed by atoms with van der Waals surface area (Å²) >= 11 is 0. The second kappa shape index (κ2) is 11.1. The summed E-state index contributed by atoms with van der Waals surface area (Å²) in [6.07, 6.45) is -4.93. The Hall–Kier alpha value is -5.54. The summed E-state index contributed by atoms with van der Waals surface area (Å²) in [5, 5.41) is 6.72. The minimum Gasteiger partial charge on any atom is -0.406 e. The van der Waals surface area contributed by atoms with Crippen molar-refractivity contribution in [3.05, 3.63) is 89.2 Å². The van der Waals surface area contributed by atoms with Gasteiger partial charge in [-0.2, -0.15) is 19.7 Å². The van der Waals surface area contributed by atoms with Crippen LogP contribution in [-0.2, 0) is 13.0 Å². The van der Waals surface area contributed by atoms with Crippen LogP contribution in [0.15, 0.2) is 60.8 Å². The van der Waals surface area contributed by atoms with Crippen molar-refractivity contribution in [1.82, 2.24) is 30.0 Å². The number of carbonyl (C=O) groups is 1. The molecule has 2 aromatic carbocycles. The zero-order chi connectivity index (χ0) is 30.0. The summed E-state index contributed by atoms with van der Waals surface area (Å²) in [7, 11) is 0. The first-order chi connectivity index (χ1) is 20.0. The van der Waals surface area contributed by atoms with E-state index >= 15 is 0 Å². The van der Waals surface area contributed by atoms with Gasteiger partial charge in [-0.15, -0.1) is 13.2 Å². The van der Waals surface area contributed by atoms with Crippen LogP contribution in [0.4, 0.5) is 38.4 Å². The van der Waals surface area contributed by atoms with E-state index in [1.54, 1.807) is 12.1 Å². The Kier molecular flexibility index (Phi) is 7.43. The van der Waals surface area contributed by atoms with E-state index in [4.69, 9.17) is 16.2 Å². The van der Waals surface area contributed by atoms with Gasteiger partial charge in [0, 0.05) is 19.0 Å². The number of fused-ring (bicyclic) bond motifs is 1. The lowest BCUT2D eigenvalue weighted by Gasteiger charge is -2.12. The van der Waals surface area contributed by atoms with Gasteiger partial charge in [0.15, 0.2) is 11.6 Å². The average Bonchev–Trinajstić information content (AvgIpc) is 3.27. The average molecular weight is 586 g/mol. The molecule has 5 N–H and O–H groups in total. The summed E-state index contributed by atoms with van der Waals surface area (Å²) < 4.78 is 75.9. The molecule has 0 aliphatic heterocycles. The quantitative estimate of drug-likeness (QED) is 0.235. The van der Waals surface area contributed by atoms with Crippen LogP contribution in [0.25, 0.3) is 17.0 Å².